The number of nitrogens with one attached hydrogen (secondary N) is 1. The molecule has 2 N–H and O–H groups in total. The van der Waals surface area contributed by atoms with Crippen molar-refractivity contribution in [2.75, 3.05) is 5.32 Å². The topological polar surface area (TPSA) is 127 Å². The highest BCUT2D eigenvalue weighted by Crippen LogP contribution is 2.25. The van der Waals surface area contributed by atoms with E-state index in [-0.39, 0.29) is 10.6 Å². The second-order valence-electron chi connectivity index (χ2n) is 7.68. The van der Waals surface area contributed by atoms with Crippen LogP contribution >= 0.6 is 0 Å². The Hall–Kier alpha value is -3.76. The lowest BCUT2D eigenvalue weighted by Gasteiger charge is -2.08. The molecular formula is C23H22N4O5S. The zero-order chi connectivity index (χ0) is 23.6. The van der Waals surface area contributed by atoms with E-state index in [2.05, 4.69) is 15.4 Å². The lowest BCUT2D eigenvalue weighted by Crippen LogP contribution is -2.13. The first-order chi connectivity index (χ1) is 15.7. The number of anilines is 1. The van der Waals surface area contributed by atoms with Crippen molar-refractivity contribution in [3.63, 3.8) is 0 Å². The van der Waals surface area contributed by atoms with E-state index in [1.54, 1.807) is 23.0 Å². The van der Waals surface area contributed by atoms with Gasteiger partial charge in [0.25, 0.3) is 16.0 Å². The van der Waals surface area contributed by atoms with Crippen molar-refractivity contribution in [3.05, 3.63) is 83.6 Å². The molecule has 0 saturated carbocycles. The summed E-state index contributed by atoms with van der Waals surface area (Å²) in [5.41, 5.74) is 3.76. The van der Waals surface area contributed by atoms with Gasteiger partial charge in [-0.25, -0.2) is 4.98 Å². The summed E-state index contributed by atoms with van der Waals surface area (Å²) in [6.45, 7) is 4.14. The fraction of sp³-hybridized carbons (Fsp3) is 0.174. The van der Waals surface area contributed by atoms with Gasteiger partial charge < -0.3 is 9.73 Å². The van der Waals surface area contributed by atoms with E-state index in [9.17, 15) is 17.8 Å². The van der Waals surface area contributed by atoms with Crippen LogP contribution in [0.5, 0.6) is 0 Å². The molecule has 170 valence electrons. The fourth-order valence-electron chi connectivity index (χ4n) is 3.53. The quantitative estimate of drug-likeness (QED) is 0.395. The molecule has 0 spiro atoms. The van der Waals surface area contributed by atoms with Crippen molar-refractivity contribution < 1.29 is 22.2 Å². The largest absolute Gasteiger partial charge is 0.443 e. The number of nitrogens with zero attached hydrogens (tertiary/aromatic N) is 3. The van der Waals surface area contributed by atoms with Crippen molar-refractivity contribution >= 4 is 21.7 Å². The third kappa shape index (κ3) is 5.18. The van der Waals surface area contributed by atoms with Gasteiger partial charge in [-0.15, -0.1) is 0 Å². The Kier molecular flexibility index (Phi) is 6.12. The third-order valence-corrected chi connectivity index (χ3v) is 6.01. The maximum absolute atomic E-state index is 12.8. The Bertz CT molecular complexity index is 1420. The predicted octanol–water partition coefficient (Wildman–Crippen LogP) is 3.90. The second kappa shape index (κ2) is 9.00. The lowest BCUT2D eigenvalue weighted by molar-refractivity contribution is 0.102. The molecule has 4 rings (SSSR count). The first kappa shape index (κ1) is 22.4. The van der Waals surface area contributed by atoms with E-state index in [4.69, 9.17) is 4.42 Å². The Morgan fingerprint density at radius 1 is 1.15 bits per heavy atom. The summed E-state index contributed by atoms with van der Waals surface area (Å²) in [6.07, 6.45) is 4.68. The zero-order valence-corrected chi connectivity index (χ0v) is 18.8. The van der Waals surface area contributed by atoms with Crippen LogP contribution in [0.3, 0.4) is 0 Å². The summed E-state index contributed by atoms with van der Waals surface area (Å²) in [5, 5.41) is 6.97. The predicted molar refractivity (Wildman–Crippen MR) is 122 cm³/mol. The van der Waals surface area contributed by atoms with E-state index in [0.717, 1.165) is 16.7 Å². The van der Waals surface area contributed by atoms with Crippen molar-refractivity contribution in [1.29, 1.82) is 0 Å². The van der Waals surface area contributed by atoms with Crippen LogP contribution in [0, 0.1) is 13.8 Å². The monoisotopic (exact) mass is 466 g/mol. The van der Waals surface area contributed by atoms with E-state index in [1.165, 1.54) is 18.7 Å². The van der Waals surface area contributed by atoms with Gasteiger partial charge in [-0.3, -0.25) is 14.0 Å². The van der Waals surface area contributed by atoms with Gasteiger partial charge in [-0.05, 0) is 38.0 Å². The van der Waals surface area contributed by atoms with Crippen molar-refractivity contribution in [3.8, 4) is 11.3 Å². The molecule has 0 saturated heterocycles. The molecule has 33 heavy (non-hydrogen) atoms. The van der Waals surface area contributed by atoms with Crippen LogP contribution in [0.4, 0.5) is 5.69 Å². The van der Waals surface area contributed by atoms with Gasteiger partial charge in [0.1, 0.15) is 0 Å². The van der Waals surface area contributed by atoms with E-state index < -0.39 is 16.0 Å². The number of aryl methyl sites for hydroxylation is 4. The first-order valence-electron chi connectivity index (χ1n) is 10.1. The summed E-state index contributed by atoms with van der Waals surface area (Å²) in [6, 6.07) is 12.3. The van der Waals surface area contributed by atoms with Crippen LogP contribution in [0.1, 0.15) is 27.2 Å². The molecule has 0 fully saturated rings. The van der Waals surface area contributed by atoms with Crippen LogP contribution in [-0.2, 0) is 23.1 Å². The SMILES string of the molecule is Cc1cccc(-c2ocnc2C(=O)Nc2cnn(CCc3cc(C)ccc3S(=O)(=O)O)c2)c1. The lowest BCUT2D eigenvalue weighted by atomic mass is 10.1. The minimum atomic E-state index is -4.32. The van der Waals surface area contributed by atoms with Crippen LogP contribution in [0.15, 0.2) is 70.6 Å². The molecule has 0 aliphatic heterocycles. The molecule has 0 unspecified atom stereocenters. The zero-order valence-electron chi connectivity index (χ0n) is 18.0. The summed E-state index contributed by atoms with van der Waals surface area (Å²) in [7, 11) is -4.32. The smallest absolute Gasteiger partial charge is 0.294 e. The molecule has 10 heteroatoms. The van der Waals surface area contributed by atoms with Crippen LogP contribution < -0.4 is 5.32 Å². The van der Waals surface area contributed by atoms with Crippen molar-refractivity contribution in [1.82, 2.24) is 14.8 Å². The minimum absolute atomic E-state index is 0.122. The van der Waals surface area contributed by atoms with Gasteiger partial charge in [0.15, 0.2) is 17.8 Å². The van der Waals surface area contributed by atoms with Crippen molar-refractivity contribution in [2.45, 2.75) is 31.7 Å². The molecular weight excluding hydrogens is 444 g/mol. The van der Waals surface area contributed by atoms with Gasteiger partial charge in [-0.1, -0.05) is 41.5 Å². The molecule has 2 aromatic heterocycles. The molecule has 2 heterocycles. The summed E-state index contributed by atoms with van der Waals surface area (Å²) in [5.74, 6) is -0.0621. The molecule has 2 aromatic carbocycles. The highest BCUT2D eigenvalue weighted by molar-refractivity contribution is 7.85. The minimum Gasteiger partial charge on any atom is -0.443 e. The number of hydrogen-bond donors (Lipinski definition) is 2. The van der Waals surface area contributed by atoms with E-state index >= 15 is 0 Å². The number of oxazole rings is 1. The van der Waals surface area contributed by atoms with Crippen LogP contribution in [0.2, 0.25) is 0 Å². The van der Waals surface area contributed by atoms with Gasteiger partial charge in [0, 0.05) is 18.3 Å². The molecule has 0 aliphatic carbocycles. The van der Waals surface area contributed by atoms with Gasteiger partial charge in [0.2, 0.25) is 0 Å². The Labute approximate surface area is 190 Å². The molecule has 0 bridgehead atoms. The normalized spacial score (nSPS) is 11.5. The average molecular weight is 467 g/mol. The number of amides is 1. The van der Waals surface area contributed by atoms with Gasteiger partial charge in [-0.2, -0.15) is 13.5 Å². The summed E-state index contributed by atoms with van der Waals surface area (Å²) < 4.78 is 39.8. The van der Waals surface area contributed by atoms with Crippen molar-refractivity contribution in [2.24, 2.45) is 0 Å². The number of aromatic nitrogens is 3. The number of carbonyl (C=O) groups excluding carboxylic acids is 1. The number of hydrogen-bond acceptors (Lipinski definition) is 6. The van der Waals surface area contributed by atoms with Crippen LogP contribution in [0.25, 0.3) is 11.3 Å². The molecule has 0 aliphatic rings. The first-order valence-corrected chi connectivity index (χ1v) is 11.6. The van der Waals surface area contributed by atoms with Crippen LogP contribution in [-0.4, -0.2) is 33.6 Å². The second-order valence-corrected chi connectivity index (χ2v) is 9.07. The molecule has 0 atom stereocenters. The summed E-state index contributed by atoms with van der Waals surface area (Å²) >= 11 is 0. The number of carbonyl (C=O) groups is 1. The highest BCUT2D eigenvalue weighted by atomic mass is 32.2. The Morgan fingerprint density at radius 2 is 1.94 bits per heavy atom. The van der Waals surface area contributed by atoms with E-state index in [1.807, 2.05) is 38.1 Å². The maximum atomic E-state index is 12.8. The third-order valence-electron chi connectivity index (χ3n) is 5.06. The van der Waals surface area contributed by atoms with E-state index in [0.29, 0.717) is 30.0 Å². The summed E-state index contributed by atoms with van der Waals surface area (Å²) in [4.78, 5) is 16.7. The van der Waals surface area contributed by atoms with Gasteiger partial charge >= 0.3 is 0 Å². The number of rotatable bonds is 7. The Balaban J connectivity index is 1.46. The fourth-order valence-corrected chi connectivity index (χ4v) is 4.26. The average Bonchev–Trinajstić information content (AvgIpc) is 3.41. The molecule has 1 amide bonds. The number of benzene rings is 2. The molecule has 9 nitrogen and oxygen atoms in total. The standard InChI is InChI=1S/C23H22N4O5S/c1-15-4-3-5-18(11-15)22-21(24-14-32-22)23(28)26-19-12-25-27(13-19)9-8-17-10-16(2)6-7-20(17)33(29,30)31/h3-7,10-14H,8-9H2,1-2H3,(H,26,28)(H,29,30,31). The van der Waals surface area contributed by atoms with Gasteiger partial charge in [0.05, 0.1) is 16.8 Å². The maximum Gasteiger partial charge on any atom is 0.294 e. The molecule has 0 radical (unpaired) electrons. The Morgan fingerprint density at radius 3 is 2.70 bits per heavy atom. The highest BCUT2D eigenvalue weighted by Gasteiger charge is 2.19. The molecule has 4 aromatic rings.